The summed E-state index contributed by atoms with van der Waals surface area (Å²) >= 11 is 6.32. The molecule has 2 aliphatic rings. The molecular formula is C17H22BClO2. The third-order valence-corrected chi connectivity index (χ3v) is 5.39. The van der Waals surface area contributed by atoms with Gasteiger partial charge in [-0.1, -0.05) is 35.9 Å². The van der Waals surface area contributed by atoms with Crippen LogP contribution in [0.1, 0.15) is 52.0 Å². The molecule has 4 heteroatoms. The van der Waals surface area contributed by atoms with E-state index < -0.39 is 0 Å². The summed E-state index contributed by atoms with van der Waals surface area (Å²) in [5, 5.41) is 0.853. The fourth-order valence-electron chi connectivity index (χ4n) is 2.97. The second-order valence-corrected chi connectivity index (χ2v) is 7.43. The van der Waals surface area contributed by atoms with E-state index in [-0.39, 0.29) is 18.3 Å². The summed E-state index contributed by atoms with van der Waals surface area (Å²) in [5.74, 6) is 0.438. The van der Waals surface area contributed by atoms with Crippen LogP contribution in [0.5, 0.6) is 0 Å². The van der Waals surface area contributed by atoms with E-state index in [2.05, 4.69) is 39.8 Å². The molecule has 0 aromatic heterocycles. The molecule has 1 aromatic rings. The lowest BCUT2D eigenvalue weighted by molar-refractivity contribution is 0.00578. The molecular weight excluding hydrogens is 282 g/mol. The molecule has 112 valence electrons. The topological polar surface area (TPSA) is 18.5 Å². The van der Waals surface area contributed by atoms with Gasteiger partial charge in [0.05, 0.1) is 11.2 Å². The molecule has 1 aliphatic carbocycles. The van der Waals surface area contributed by atoms with Crippen LogP contribution in [-0.2, 0) is 9.31 Å². The van der Waals surface area contributed by atoms with Gasteiger partial charge in [-0.2, -0.15) is 0 Å². The van der Waals surface area contributed by atoms with E-state index in [1.54, 1.807) is 0 Å². The van der Waals surface area contributed by atoms with Crippen molar-refractivity contribution < 1.29 is 9.31 Å². The number of benzene rings is 1. The molecule has 1 aliphatic heterocycles. The van der Waals surface area contributed by atoms with Crippen LogP contribution in [0.2, 0.25) is 5.02 Å². The van der Waals surface area contributed by atoms with Gasteiger partial charge in [-0.3, -0.25) is 0 Å². The Hall–Kier alpha value is -0.765. The van der Waals surface area contributed by atoms with Crippen molar-refractivity contribution in [1.82, 2.24) is 0 Å². The van der Waals surface area contributed by atoms with Crippen LogP contribution in [-0.4, -0.2) is 18.3 Å². The standard InChI is InChI=1S/C17H22BClO2/c1-16(2)17(3,4)21-18(20-16)13-10-9-12(11-13)14-7-5-6-8-15(14)19/h5-8,10,12H,9,11H2,1-4H3. The lowest BCUT2D eigenvalue weighted by Gasteiger charge is -2.32. The fourth-order valence-corrected chi connectivity index (χ4v) is 3.26. The lowest BCUT2D eigenvalue weighted by Crippen LogP contribution is -2.41. The predicted octanol–water partition coefficient (Wildman–Crippen LogP) is 4.78. The van der Waals surface area contributed by atoms with Crippen LogP contribution < -0.4 is 0 Å². The van der Waals surface area contributed by atoms with Gasteiger partial charge in [0.1, 0.15) is 0 Å². The largest absolute Gasteiger partial charge is 0.490 e. The maximum Gasteiger partial charge on any atom is 0.490 e. The van der Waals surface area contributed by atoms with E-state index >= 15 is 0 Å². The highest BCUT2D eigenvalue weighted by Gasteiger charge is 2.52. The zero-order chi connectivity index (χ0) is 15.3. The van der Waals surface area contributed by atoms with Crippen molar-refractivity contribution in [1.29, 1.82) is 0 Å². The van der Waals surface area contributed by atoms with Crippen LogP contribution >= 0.6 is 11.6 Å². The Labute approximate surface area is 132 Å². The summed E-state index contributed by atoms with van der Waals surface area (Å²) in [4.78, 5) is 0. The summed E-state index contributed by atoms with van der Waals surface area (Å²) in [6.45, 7) is 8.37. The van der Waals surface area contributed by atoms with Gasteiger partial charge in [0.2, 0.25) is 0 Å². The average Bonchev–Trinajstić information content (AvgIpc) is 2.94. The van der Waals surface area contributed by atoms with Gasteiger partial charge < -0.3 is 9.31 Å². The molecule has 0 radical (unpaired) electrons. The number of allylic oxidation sites excluding steroid dienone is 2. The third-order valence-electron chi connectivity index (χ3n) is 5.05. The summed E-state index contributed by atoms with van der Waals surface area (Å²) in [6, 6.07) is 8.11. The van der Waals surface area contributed by atoms with Gasteiger partial charge in [0.15, 0.2) is 0 Å². The Morgan fingerprint density at radius 1 is 1.10 bits per heavy atom. The van der Waals surface area contributed by atoms with Crippen LogP contribution in [0.15, 0.2) is 35.8 Å². The Balaban J connectivity index is 1.73. The first kappa shape index (κ1) is 15.1. The lowest BCUT2D eigenvalue weighted by atomic mass is 9.76. The van der Waals surface area contributed by atoms with Crippen LogP contribution in [0.25, 0.3) is 0 Å². The quantitative estimate of drug-likeness (QED) is 0.732. The molecule has 0 spiro atoms. The summed E-state index contributed by atoms with van der Waals surface area (Å²) in [6.07, 6.45) is 4.22. The van der Waals surface area contributed by atoms with E-state index in [0.29, 0.717) is 5.92 Å². The SMILES string of the molecule is CC1(C)OB(C2=CCC(c3ccccc3Cl)C2)OC1(C)C. The highest BCUT2D eigenvalue weighted by molar-refractivity contribution is 6.54. The molecule has 1 aromatic carbocycles. The van der Waals surface area contributed by atoms with Gasteiger partial charge in [0.25, 0.3) is 0 Å². The smallest absolute Gasteiger partial charge is 0.400 e. The minimum atomic E-state index is -0.277. The number of hydrogen-bond acceptors (Lipinski definition) is 2. The molecule has 21 heavy (non-hydrogen) atoms. The number of rotatable bonds is 2. The van der Waals surface area contributed by atoms with Gasteiger partial charge in [0, 0.05) is 5.02 Å². The molecule has 1 unspecified atom stereocenters. The van der Waals surface area contributed by atoms with Gasteiger partial charge >= 0.3 is 7.12 Å². The molecule has 1 saturated heterocycles. The molecule has 0 bridgehead atoms. The molecule has 1 atom stereocenters. The normalized spacial score (nSPS) is 27.0. The van der Waals surface area contributed by atoms with Crippen molar-refractivity contribution in [2.45, 2.75) is 57.7 Å². The van der Waals surface area contributed by atoms with E-state index in [0.717, 1.165) is 17.9 Å². The van der Waals surface area contributed by atoms with Gasteiger partial charge in [-0.05, 0) is 63.6 Å². The maximum absolute atomic E-state index is 6.32. The van der Waals surface area contributed by atoms with Crippen molar-refractivity contribution >= 4 is 18.7 Å². The Bertz CT molecular complexity index is 564. The van der Waals surface area contributed by atoms with Crippen LogP contribution in [0.4, 0.5) is 0 Å². The van der Waals surface area contributed by atoms with E-state index in [1.165, 1.54) is 11.0 Å². The highest BCUT2D eigenvalue weighted by atomic mass is 35.5. The van der Waals surface area contributed by atoms with Crippen molar-refractivity contribution in [3.8, 4) is 0 Å². The van der Waals surface area contributed by atoms with Gasteiger partial charge in [-0.15, -0.1) is 0 Å². The zero-order valence-corrected chi connectivity index (χ0v) is 13.9. The first-order valence-electron chi connectivity index (χ1n) is 7.59. The molecule has 1 fully saturated rings. The summed E-state index contributed by atoms with van der Waals surface area (Å²) in [7, 11) is -0.220. The molecule has 0 saturated carbocycles. The van der Waals surface area contributed by atoms with Crippen LogP contribution in [0, 0.1) is 0 Å². The Morgan fingerprint density at radius 2 is 1.71 bits per heavy atom. The zero-order valence-electron chi connectivity index (χ0n) is 13.2. The predicted molar refractivity (Wildman–Crippen MR) is 87.6 cm³/mol. The van der Waals surface area contributed by atoms with Crippen molar-refractivity contribution in [3.05, 3.63) is 46.4 Å². The van der Waals surface area contributed by atoms with Crippen molar-refractivity contribution in [2.24, 2.45) is 0 Å². The first-order chi connectivity index (χ1) is 9.80. The highest BCUT2D eigenvalue weighted by Crippen LogP contribution is 2.44. The average molecular weight is 305 g/mol. The minimum Gasteiger partial charge on any atom is -0.400 e. The maximum atomic E-state index is 6.32. The third kappa shape index (κ3) is 2.67. The summed E-state index contributed by atoms with van der Waals surface area (Å²) in [5.41, 5.74) is 1.92. The molecule has 3 rings (SSSR count). The molecule has 0 amide bonds. The summed E-state index contributed by atoms with van der Waals surface area (Å²) < 4.78 is 12.3. The van der Waals surface area contributed by atoms with Crippen molar-refractivity contribution in [2.75, 3.05) is 0 Å². The minimum absolute atomic E-state index is 0.220. The van der Waals surface area contributed by atoms with E-state index in [4.69, 9.17) is 20.9 Å². The van der Waals surface area contributed by atoms with Crippen molar-refractivity contribution in [3.63, 3.8) is 0 Å². The second-order valence-electron chi connectivity index (χ2n) is 7.03. The monoisotopic (exact) mass is 304 g/mol. The molecule has 2 nitrogen and oxygen atoms in total. The van der Waals surface area contributed by atoms with Crippen LogP contribution in [0.3, 0.4) is 0 Å². The number of hydrogen-bond donors (Lipinski definition) is 0. The van der Waals surface area contributed by atoms with E-state index in [9.17, 15) is 0 Å². The Kier molecular flexibility index (Phi) is 3.71. The fraction of sp³-hybridized carbons (Fsp3) is 0.529. The van der Waals surface area contributed by atoms with E-state index in [1.807, 2.05) is 18.2 Å². The second kappa shape index (κ2) is 5.15. The number of halogens is 1. The molecule has 0 N–H and O–H groups in total. The molecule has 1 heterocycles. The van der Waals surface area contributed by atoms with Gasteiger partial charge in [-0.25, -0.2) is 0 Å². The Morgan fingerprint density at radius 3 is 2.33 bits per heavy atom. The first-order valence-corrected chi connectivity index (χ1v) is 7.97.